The first-order chi connectivity index (χ1) is 11.8. The molecule has 2 aromatic rings. The number of ether oxygens (including phenoxy) is 1. The Bertz CT molecular complexity index is 677. The van der Waals surface area contributed by atoms with Crippen LogP contribution in [-0.2, 0) is 11.2 Å². The first-order valence-electron chi connectivity index (χ1n) is 9.29. The van der Waals surface area contributed by atoms with Gasteiger partial charge in [-0.2, -0.15) is 0 Å². The van der Waals surface area contributed by atoms with Crippen molar-refractivity contribution in [2.75, 3.05) is 32.6 Å². The third-order valence-corrected chi connectivity index (χ3v) is 6.40. The van der Waals surface area contributed by atoms with Crippen molar-refractivity contribution in [3.8, 4) is 0 Å². The molecule has 0 saturated carbocycles. The van der Waals surface area contributed by atoms with Gasteiger partial charge >= 0.3 is 0 Å². The minimum Gasteiger partial charge on any atom is -0.381 e. The van der Waals surface area contributed by atoms with Crippen molar-refractivity contribution in [2.45, 2.75) is 43.0 Å². The van der Waals surface area contributed by atoms with Gasteiger partial charge in [0.1, 0.15) is 0 Å². The van der Waals surface area contributed by atoms with Crippen molar-refractivity contribution in [2.24, 2.45) is 5.92 Å². The lowest BCUT2D eigenvalue weighted by Crippen LogP contribution is -2.37. The molecule has 3 heterocycles. The number of aromatic nitrogens is 1. The van der Waals surface area contributed by atoms with Crippen molar-refractivity contribution < 1.29 is 4.74 Å². The molecule has 0 radical (unpaired) electrons. The molecular formula is C20H28N2OS. The summed E-state index contributed by atoms with van der Waals surface area (Å²) >= 11 is 1.82. The molecule has 0 amide bonds. The smallest absolute Gasteiger partial charge is 0.0506 e. The van der Waals surface area contributed by atoms with Gasteiger partial charge in [-0.05, 0) is 74.6 Å². The van der Waals surface area contributed by atoms with Crippen LogP contribution >= 0.6 is 11.8 Å². The first-order valence-corrected chi connectivity index (χ1v) is 10.5. The summed E-state index contributed by atoms with van der Waals surface area (Å²) in [5.74, 6) is 0.741. The monoisotopic (exact) mass is 344 g/mol. The van der Waals surface area contributed by atoms with E-state index >= 15 is 0 Å². The Kier molecular flexibility index (Phi) is 5.16. The number of H-pyrrole nitrogens is 1. The summed E-state index contributed by atoms with van der Waals surface area (Å²) < 4.78 is 5.68. The zero-order valence-electron chi connectivity index (χ0n) is 14.6. The highest BCUT2D eigenvalue weighted by atomic mass is 32.2. The molecular weight excluding hydrogens is 316 g/mol. The fraction of sp³-hybridized carbons (Fsp3) is 0.600. The number of aromatic amines is 1. The number of thioether (sulfide) groups is 1. The molecule has 2 aliphatic rings. The Morgan fingerprint density at radius 3 is 3.08 bits per heavy atom. The molecule has 1 aromatic heterocycles. The maximum atomic E-state index is 5.68. The fourth-order valence-electron chi connectivity index (χ4n) is 4.36. The molecule has 1 N–H and O–H groups in total. The lowest BCUT2D eigenvalue weighted by molar-refractivity contribution is 0.0366. The van der Waals surface area contributed by atoms with Crippen LogP contribution in [0.2, 0.25) is 0 Å². The van der Waals surface area contributed by atoms with Gasteiger partial charge in [-0.1, -0.05) is 0 Å². The number of nitrogens with one attached hydrogen (secondary N) is 1. The van der Waals surface area contributed by atoms with Gasteiger partial charge in [0.05, 0.1) is 6.61 Å². The van der Waals surface area contributed by atoms with E-state index in [4.69, 9.17) is 4.74 Å². The highest BCUT2D eigenvalue weighted by Gasteiger charge is 2.28. The molecule has 0 bridgehead atoms. The molecule has 2 fully saturated rings. The van der Waals surface area contributed by atoms with Gasteiger partial charge in [0.2, 0.25) is 0 Å². The van der Waals surface area contributed by atoms with E-state index in [0.29, 0.717) is 6.04 Å². The van der Waals surface area contributed by atoms with Gasteiger partial charge < -0.3 is 9.72 Å². The van der Waals surface area contributed by atoms with Crippen LogP contribution in [0.4, 0.5) is 0 Å². The Labute approximate surface area is 149 Å². The van der Waals surface area contributed by atoms with Crippen LogP contribution < -0.4 is 0 Å². The molecule has 4 heteroatoms. The standard InChI is InChI=1S/C20H28N2OS/c1-24-18-6-7-20-19(11-18)16(12-21-20)10-17-5-2-8-22(17)13-15-4-3-9-23-14-15/h6-7,11-12,15,17,21H,2-5,8-10,13-14H2,1H3/t15-,17+/m0/s1. The van der Waals surface area contributed by atoms with Crippen molar-refractivity contribution in [1.82, 2.24) is 9.88 Å². The number of hydrogen-bond donors (Lipinski definition) is 1. The summed E-state index contributed by atoms with van der Waals surface area (Å²) in [7, 11) is 0. The van der Waals surface area contributed by atoms with E-state index in [-0.39, 0.29) is 0 Å². The lowest BCUT2D eigenvalue weighted by Gasteiger charge is -2.31. The highest BCUT2D eigenvalue weighted by molar-refractivity contribution is 7.98. The number of fused-ring (bicyclic) bond motifs is 1. The number of benzene rings is 1. The average molecular weight is 345 g/mol. The Morgan fingerprint density at radius 1 is 1.29 bits per heavy atom. The zero-order chi connectivity index (χ0) is 16.4. The second kappa shape index (κ2) is 7.51. The molecule has 2 saturated heterocycles. The summed E-state index contributed by atoms with van der Waals surface area (Å²) in [5, 5.41) is 1.41. The number of hydrogen-bond acceptors (Lipinski definition) is 3. The molecule has 4 rings (SSSR count). The summed E-state index contributed by atoms with van der Waals surface area (Å²) in [6.45, 7) is 4.42. The predicted octanol–water partition coefficient (Wildman–Crippen LogP) is 4.32. The van der Waals surface area contributed by atoms with Gasteiger partial charge in [-0.15, -0.1) is 11.8 Å². The van der Waals surface area contributed by atoms with Gasteiger partial charge in [-0.25, -0.2) is 0 Å². The Balaban J connectivity index is 1.47. The summed E-state index contributed by atoms with van der Waals surface area (Å²) in [5.41, 5.74) is 2.76. The predicted molar refractivity (Wildman–Crippen MR) is 102 cm³/mol. The van der Waals surface area contributed by atoms with Crippen LogP contribution in [0.5, 0.6) is 0 Å². The van der Waals surface area contributed by atoms with Gasteiger partial charge in [-0.3, -0.25) is 4.90 Å². The zero-order valence-corrected chi connectivity index (χ0v) is 15.4. The maximum absolute atomic E-state index is 5.68. The Hall–Kier alpha value is -0.970. The van der Waals surface area contributed by atoms with Crippen molar-refractivity contribution >= 4 is 22.7 Å². The Morgan fingerprint density at radius 2 is 2.25 bits per heavy atom. The van der Waals surface area contributed by atoms with E-state index in [9.17, 15) is 0 Å². The maximum Gasteiger partial charge on any atom is 0.0506 e. The molecule has 130 valence electrons. The molecule has 0 aliphatic carbocycles. The van der Waals surface area contributed by atoms with Crippen LogP contribution in [0, 0.1) is 5.92 Å². The second-order valence-electron chi connectivity index (χ2n) is 7.30. The van der Waals surface area contributed by atoms with Gasteiger partial charge in [0.25, 0.3) is 0 Å². The normalized spacial score (nSPS) is 25.5. The highest BCUT2D eigenvalue weighted by Crippen LogP contribution is 2.29. The molecule has 24 heavy (non-hydrogen) atoms. The minimum atomic E-state index is 0.698. The van der Waals surface area contributed by atoms with Crippen LogP contribution in [0.1, 0.15) is 31.2 Å². The summed E-state index contributed by atoms with van der Waals surface area (Å²) in [6.07, 6.45) is 10.8. The molecule has 0 spiro atoms. The molecule has 1 aromatic carbocycles. The van der Waals surface area contributed by atoms with Crippen LogP contribution in [0.15, 0.2) is 29.3 Å². The van der Waals surface area contributed by atoms with E-state index in [1.807, 2.05) is 11.8 Å². The van der Waals surface area contributed by atoms with E-state index in [0.717, 1.165) is 19.1 Å². The third-order valence-electron chi connectivity index (χ3n) is 5.68. The van der Waals surface area contributed by atoms with Crippen LogP contribution in [0.25, 0.3) is 10.9 Å². The first kappa shape index (κ1) is 16.5. The quantitative estimate of drug-likeness (QED) is 0.819. The fourth-order valence-corrected chi connectivity index (χ4v) is 4.80. The molecule has 2 aliphatic heterocycles. The number of rotatable bonds is 5. The SMILES string of the molecule is CSc1ccc2[nH]cc(C[C@H]3CCCN3C[C@@H]3CCCOC3)c2c1. The van der Waals surface area contributed by atoms with E-state index in [2.05, 4.69) is 40.5 Å². The summed E-state index contributed by atoms with van der Waals surface area (Å²) in [4.78, 5) is 7.55. The van der Waals surface area contributed by atoms with Crippen molar-refractivity contribution in [3.63, 3.8) is 0 Å². The van der Waals surface area contributed by atoms with E-state index in [1.54, 1.807) is 0 Å². The lowest BCUT2D eigenvalue weighted by atomic mass is 9.99. The van der Waals surface area contributed by atoms with Crippen molar-refractivity contribution in [1.29, 1.82) is 0 Å². The average Bonchev–Trinajstić information content (AvgIpc) is 3.23. The number of likely N-dealkylation sites (tertiary alicyclic amines) is 1. The molecule has 0 unspecified atom stereocenters. The van der Waals surface area contributed by atoms with Crippen molar-refractivity contribution in [3.05, 3.63) is 30.0 Å². The minimum absolute atomic E-state index is 0.698. The molecule has 2 atom stereocenters. The van der Waals surface area contributed by atoms with Crippen LogP contribution in [-0.4, -0.2) is 48.5 Å². The van der Waals surface area contributed by atoms with Gasteiger partial charge in [0.15, 0.2) is 0 Å². The summed E-state index contributed by atoms with van der Waals surface area (Å²) in [6, 6.07) is 7.47. The number of nitrogens with zero attached hydrogens (tertiary/aromatic N) is 1. The molecule has 3 nitrogen and oxygen atoms in total. The van der Waals surface area contributed by atoms with E-state index in [1.165, 1.54) is 66.6 Å². The second-order valence-corrected chi connectivity index (χ2v) is 8.18. The van der Waals surface area contributed by atoms with Gasteiger partial charge in [0, 0.05) is 41.2 Å². The topological polar surface area (TPSA) is 28.3 Å². The third kappa shape index (κ3) is 3.51. The van der Waals surface area contributed by atoms with E-state index < -0.39 is 0 Å². The van der Waals surface area contributed by atoms with Crippen LogP contribution in [0.3, 0.4) is 0 Å². The largest absolute Gasteiger partial charge is 0.381 e.